The van der Waals surface area contributed by atoms with Crippen LogP contribution in [0, 0.1) is 27.3 Å². The Hall–Kier alpha value is -1.69. The molecule has 38 heavy (non-hydrogen) atoms. The van der Waals surface area contributed by atoms with Crippen molar-refractivity contribution in [1.29, 1.82) is 0 Å². The SMILES string of the molecule is Brc1cccnc1.Brc1cccnc1.Cc1cc(C)c(N2C=CC[CH-]2)c(C)c1.[Cl][Ru]([Cl])=[CH]c1ccccc1. The Bertz CT molecular complexity index is 1220. The molecule has 3 heterocycles. The number of hydrogen-bond acceptors (Lipinski definition) is 3. The monoisotopic (exact) mass is 762 g/mol. The molecule has 0 unspecified atom stereocenters. The van der Waals surface area contributed by atoms with Crippen molar-refractivity contribution in [2.45, 2.75) is 27.2 Å². The van der Waals surface area contributed by atoms with Crippen LogP contribution >= 0.6 is 51.2 Å². The van der Waals surface area contributed by atoms with Crippen LogP contribution in [0.15, 0.2) is 113 Å². The molecule has 2 aromatic carbocycles. The maximum absolute atomic E-state index is 5.67. The molecule has 0 N–H and O–H groups in total. The summed E-state index contributed by atoms with van der Waals surface area (Å²) in [5.41, 5.74) is 6.50. The van der Waals surface area contributed by atoms with E-state index in [0.717, 1.165) is 20.9 Å². The third-order valence-corrected chi connectivity index (χ3v) is 7.65. The van der Waals surface area contributed by atoms with Gasteiger partial charge in [0.25, 0.3) is 0 Å². The first kappa shape index (κ1) is 32.5. The van der Waals surface area contributed by atoms with Gasteiger partial charge in [0.1, 0.15) is 0 Å². The summed E-state index contributed by atoms with van der Waals surface area (Å²) in [5.74, 6) is 0. The number of anilines is 1. The summed E-state index contributed by atoms with van der Waals surface area (Å²) in [6.07, 6.45) is 12.4. The molecule has 0 fully saturated rings. The molecular formula is C30H30Br2Cl2N3Ru-. The summed E-state index contributed by atoms with van der Waals surface area (Å²) >= 11 is 4.88. The molecule has 0 radical (unpaired) electrons. The average Bonchev–Trinajstić information content (AvgIpc) is 3.40. The van der Waals surface area contributed by atoms with Gasteiger partial charge in [-0.1, -0.05) is 23.8 Å². The summed E-state index contributed by atoms with van der Waals surface area (Å²) in [5, 5.41) is 0. The van der Waals surface area contributed by atoms with Crippen LogP contribution in [0.25, 0.3) is 0 Å². The number of aromatic nitrogens is 2. The van der Waals surface area contributed by atoms with Crippen molar-refractivity contribution in [2.75, 3.05) is 4.90 Å². The van der Waals surface area contributed by atoms with Gasteiger partial charge in [0.2, 0.25) is 0 Å². The predicted octanol–water partition coefficient (Wildman–Crippen LogP) is 9.95. The molecule has 1 aliphatic heterocycles. The molecule has 0 bridgehead atoms. The molecule has 0 spiro atoms. The molecule has 0 saturated carbocycles. The number of rotatable bonds is 2. The minimum atomic E-state index is -1.61. The quantitative estimate of drug-likeness (QED) is 0.150. The van der Waals surface area contributed by atoms with Crippen molar-refractivity contribution in [3.8, 4) is 0 Å². The second-order valence-corrected chi connectivity index (χ2v) is 15.6. The fourth-order valence-electron chi connectivity index (χ4n) is 3.45. The normalized spacial score (nSPS) is 11.7. The summed E-state index contributed by atoms with van der Waals surface area (Å²) in [7, 11) is 11.3. The van der Waals surface area contributed by atoms with E-state index in [4.69, 9.17) is 19.4 Å². The molecule has 4 aromatic rings. The van der Waals surface area contributed by atoms with E-state index in [1.807, 2.05) is 59.2 Å². The Morgan fingerprint density at radius 3 is 1.76 bits per heavy atom. The standard InChI is InChI=1S/C13H16N.C7H6.2C5H4BrN.2ClH.Ru/c1-10-8-11(2)13(12(3)9-10)14-6-4-5-7-14;1-7-5-3-2-4-6-7;2*6-5-2-1-3-7-4-5;;;/h4,6-9H,5H2,1-3H3;1-6H;2*1-4H;2*1H;/q-1;;;;;;+2/p-2. The first-order chi connectivity index (χ1) is 18.3. The Balaban J connectivity index is 0.000000186. The minimum absolute atomic E-state index is 1.02. The van der Waals surface area contributed by atoms with Gasteiger partial charge in [-0.3, -0.25) is 9.97 Å². The van der Waals surface area contributed by atoms with E-state index < -0.39 is 13.5 Å². The van der Waals surface area contributed by atoms with E-state index >= 15 is 0 Å². The molecule has 0 atom stereocenters. The first-order valence-electron chi connectivity index (χ1n) is 11.6. The molecule has 0 saturated heterocycles. The van der Waals surface area contributed by atoms with Crippen LogP contribution in [-0.2, 0) is 13.5 Å². The van der Waals surface area contributed by atoms with Crippen molar-refractivity contribution >= 4 is 61.5 Å². The zero-order chi connectivity index (χ0) is 27.8. The zero-order valence-corrected chi connectivity index (χ0v) is 27.8. The average molecular weight is 764 g/mol. The number of hydrogen-bond donors (Lipinski definition) is 0. The molecule has 0 aliphatic carbocycles. The summed E-state index contributed by atoms with van der Waals surface area (Å²) < 4.78 is 3.97. The van der Waals surface area contributed by atoms with Crippen LogP contribution in [0.3, 0.4) is 0 Å². The van der Waals surface area contributed by atoms with E-state index in [9.17, 15) is 0 Å². The number of benzene rings is 2. The Labute approximate surface area is 256 Å². The molecule has 2 aromatic heterocycles. The van der Waals surface area contributed by atoms with Crippen LogP contribution in [0.4, 0.5) is 5.69 Å². The van der Waals surface area contributed by atoms with Crippen molar-refractivity contribution in [3.05, 3.63) is 142 Å². The Morgan fingerprint density at radius 1 is 0.842 bits per heavy atom. The van der Waals surface area contributed by atoms with Crippen LogP contribution in [0.2, 0.25) is 0 Å². The second kappa shape index (κ2) is 18.6. The van der Waals surface area contributed by atoms with Crippen molar-refractivity contribution in [2.24, 2.45) is 0 Å². The van der Waals surface area contributed by atoms with Gasteiger partial charge in [-0.25, -0.2) is 6.54 Å². The van der Waals surface area contributed by atoms with Crippen LogP contribution in [0.1, 0.15) is 28.7 Å². The van der Waals surface area contributed by atoms with Gasteiger partial charge in [-0.2, -0.15) is 0 Å². The van der Waals surface area contributed by atoms with Gasteiger partial charge < -0.3 is 4.90 Å². The van der Waals surface area contributed by atoms with Gasteiger partial charge in [0.15, 0.2) is 0 Å². The van der Waals surface area contributed by atoms with Crippen molar-refractivity contribution < 1.29 is 13.5 Å². The topological polar surface area (TPSA) is 29.0 Å². The predicted molar refractivity (Wildman–Crippen MR) is 168 cm³/mol. The van der Waals surface area contributed by atoms with Crippen molar-refractivity contribution in [1.82, 2.24) is 9.97 Å². The molecule has 8 heteroatoms. The van der Waals surface area contributed by atoms with Crippen LogP contribution in [0.5, 0.6) is 0 Å². The molecule has 5 rings (SSSR count). The fraction of sp³-hybridized carbons (Fsp3) is 0.133. The number of pyridine rings is 2. The van der Waals surface area contributed by atoms with Gasteiger partial charge in [0.05, 0.1) is 0 Å². The van der Waals surface area contributed by atoms with Crippen LogP contribution < -0.4 is 4.90 Å². The Kier molecular flexibility index (Phi) is 15.9. The number of nitrogens with zero attached hydrogens (tertiary/aromatic N) is 3. The van der Waals surface area contributed by atoms with E-state index in [1.54, 1.807) is 24.8 Å². The number of halogens is 4. The molecule has 202 valence electrons. The summed E-state index contributed by atoms with van der Waals surface area (Å²) in [6, 6.07) is 22.0. The van der Waals surface area contributed by atoms with E-state index in [1.165, 1.54) is 22.4 Å². The van der Waals surface area contributed by atoms with Gasteiger partial charge in [-0.05, 0) is 94.2 Å². The fourth-order valence-corrected chi connectivity index (χ4v) is 5.82. The Morgan fingerprint density at radius 2 is 1.39 bits per heavy atom. The molecular weight excluding hydrogens is 734 g/mol. The van der Waals surface area contributed by atoms with Gasteiger partial charge >= 0.3 is 73.4 Å². The zero-order valence-electron chi connectivity index (χ0n) is 21.4. The van der Waals surface area contributed by atoms with E-state index in [2.05, 4.69) is 98.5 Å². The van der Waals surface area contributed by atoms with E-state index in [0.29, 0.717) is 0 Å². The molecule has 0 amide bonds. The molecule has 3 nitrogen and oxygen atoms in total. The first-order valence-corrected chi connectivity index (χ1v) is 18.7. The summed E-state index contributed by atoms with van der Waals surface area (Å²) in [4.78, 5) is 9.90. The molecule has 1 aliphatic rings. The van der Waals surface area contributed by atoms with Crippen molar-refractivity contribution in [3.63, 3.8) is 0 Å². The third kappa shape index (κ3) is 13.4. The van der Waals surface area contributed by atoms with Gasteiger partial charge in [-0.15, -0.1) is 6.42 Å². The summed E-state index contributed by atoms with van der Waals surface area (Å²) in [6.45, 7) is 8.71. The number of aryl methyl sites for hydroxylation is 3. The maximum atomic E-state index is 5.67. The second-order valence-electron chi connectivity index (χ2n) is 8.02. The third-order valence-electron chi connectivity index (χ3n) is 4.84. The van der Waals surface area contributed by atoms with Crippen LogP contribution in [-0.4, -0.2) is 14.6 Å². The van der Waals surface area contributed by atoms with E-state index in [-0.39, 0.29) is 0 Å². The van der Waals surface area contributed by atoms with Gasteiger partial charge in [0, 0.05) is 39.4 Å².